The Morgan fingerprint density at radius 3 is 2.38 bits per heavy atom. The SMILES string of the molecule is CC(C)c1nc(N(C)S(C)(=O)=O)nc(-c2ccc(F)cc2)c1/C=C\[C@H]1C[C@H](CC(=O)OC(C)(C)C)OC(C)(C)O1. The molecule has 11 heteroatoms. The summed E-state index contributed by atoms with van der Waals surface area (Å²) in [4.78, 5) is 21.7. The van der Waals surface area contributed by atoms with E-state index in [-0.39, 0.29) is 24.3 Å². The minimum absolute atomic E-state index is 0.0172. The Labute approximate surface area is 236 Å². The minimum Gasteiger partial charge on any atom is -0.460 e. The zero-order valence-corrected chi connectivity index (χ0v) is 25.5. The highest BCUT2D eigenvalue weighted by Crippen LogP contribution is 2.34. The second-order valence-electron chi connectivity index (χ2n) is 11.7. The first-order valence-corrected chi connectivity index (χ1v) is 15.1. The van der Waals surface area contributed by atoms with Crippen molar-refractivity contribution in [1.29, 1.82) is 0 Å². The first-order valence-electron chi connectivity index (χ1n) is 13.2. The Balaban J connectivity index is 2.04. The molecular formula is C29H40FN3O6S. The molecule has 2 atom stereocenters. The number of ether oxygens (including phenoxy) is 3. The molecule has 0 saturated carbocycles. The van der Waals surface area contributed by atoms with Crippen LogP contribution < -0.4 is 4.31 Å². The van der Waals surface area contributed by atoms with Gasteiger partial charge in [0.05, 0.1) is 36.3 Å². The standard InChI is InChI=1S/C29H40FN3O6S/c1-18(2)25-23(15-14-21-16-22(38-29(6,7)37-21)17-24(34)39-28(3,4)5)26(19-10-12-20(30)13-11-19)32-27(31-25)33(8)40(9,35)36/h10-15,18,21-22H,16-17H2,1-9H3/b15-14-/t21-,22+/m0/s1. The van der Waals surface area contributed by atoms with Gasteiger partial charge in [-0.25, -0.2) is 27.1 Å². The summed E-state index contributed by atoms with van der Waals surface area (Å²) in [5, 5.41) is 0. The number of hydrogen-bond donors (Lipinski definition) is 0. The molecule has 0 amide bonds. The zero-order valence-electron chi connectivity index (χ0n) is 24.7. The van der Waals surface area contributed by atoms with Gasteiger partial charge in [0.1, 0.15) is 11.4 Å². The molecule has 1 aromatic carbocycles. The van der Waals surface area contributed by atoms with E-state index in [1.165, 1.54) is 19.2 Å². The quantitative estimate of drug-likeness (QED) is 0.381. The molecule has 0 N–H and O–H groups in total. The fourth-order valence-corrected chi connectivity index (χ4v) is 4.74. The lowest BCUT2D eigenvalue weighted by atomic mass is 9.97. The molecule has 220 valence electrons. The average Bonchev–Trinajstić information content (AvgIpc) is 2.79. The topological polar surface area (TPSA) is 108 Å². The minimum atomic E-state index is -3.63. The van der Waals surface area contributed by atoms with Crippen molar-refractivity contribution in [3.05, 3.63) is 47.4 Å². The van der Waals surface area contributed by atoms with Crippen molar-refractivity contribution in [2.45, 2.75) is 90.8 Å². The molecule has 0 aliphatic carbocycles. The zero-order chi connectivity index (χ0) is 30.0. The van der Waals surface area contributed by atoms with Crippen LogP contribution in [0.1, 0.15) is 78.5 Å². The third-order valence-electron chi connectivity index (χ3n) is 6.08. The van der Waals surface area contributed by atoms with Gasteiger partial charge in [0.25, 0.3) is 0 Å². The van der Waals surface area contributed by atoms with Gasteiger partial charge in [-0.3, -0.25) is 4.79 Å². The number of benzene rings is 1. The van der Waals surface area contributed by atoms with Gasteiger partial charge in [-0.15, -0.1) is 0 Å². The third kappa shape index (κ3) is 8.55. The maximum absolute atomic E-state index is 13.8. The molecule has 3 rings (SSSR count). The number of hydrogen-bond acceptors (Lipinski definition) is 8. The van der Waals surface area contributed by atoms with Gasteiger partial charge in [0.2, 0.25) is 16.0 Å². The Morgan fingerprint density at radius 2 is 1.82 bits per heavy atom. The van der Waals surface area contributed by atoms with Crippen LogP contribution in [0.2, 0.25) is 0 Å². The number of halogens is 1. The number of aromatic nitrogens is 2. The Hall–Kier alpha value is -2.89. The molecule has 1 aliphatic heterocycles. The second kappa shape index (κ2) is 11.9. The smallest absolute Gasteiger partial charge is 0.308 e. The summed E-state index contributed by atoms with van der Waals surface area (Å²) in [6.07, 6.45) is 4.46. The van der Waals surface area contributed by atoms with E-state index < -0.39 is 39.4 Å². The van der Waals surface area contributed by atoms with E-state index in [0.29, 0.717) is 28.9 Å². The van der Waals surface area contributed by atoms with E-state index in [2.05, 4.69) is 9.97 Å². The molecule has 0 bridgehead atoms. The van der Waals surface area contributed by atoms with E-state index >= 15 is 0 Å². The number of carbonyl (C=O) groups excluding carboxylic acids is 1. The largest absolute Gasteiger partial charge is 0.460 e. The van der Waals surface area contributed by atoms with Crippen LogP contribution in [-0.4, -0.2) is 61.3 Å². The number of esters is 1. The Bertz CT molecular complexity index is 1350. The van der Waals surface area contributed by atoms with Crippen molar-refractivity contribution in [3.8, 4) is 11.3 Å². The van der Waals surface area contributed by atoms with Crippen molar-refractivity contribution < 1.29 is 31.8 Å². The fraction of sp³-hybridized carbons (Fsp3) is 0.552. The maximum Gasteiger partial charge on any atom is 0.308 e. The molecule has 0 radical (unpaired) electrons. The average molecular weight is 578 g/mol. The van der Waals surface area contributed by atoms with Crippen molar-refractivity contribution in [1.82, 2.24) is 9.97 Å². The number of anilines is 1. The van der Waals surface area contributed by atoms with Crippen LogP contribution in [0.15, 0.2) is 30.3 Å². The first-order chi connectivity index (χ1) is 18.3. The lowest BCUT2D eigenvalue weighted by Gasteiger charge is -2.39. The lowest BCUT2D eigenvalue weighted by molar-refractivity contribution is -0.290. The van der Waals surface area contributed by atoms with Crippen LogP contribution in [0.4, 0.5) is 10.3 Å². The van der Waals surface area contributed by atoms with Crippen LogP contribution in [0.25, 0.3) is 17.3 Å². The molecule has 1 saturated heterocycles. The molecule has 9 nitrogen and oxygen atoms in total. The van der Waals surface area contributed by atoms with Gasteiger partial charge in [-0.2, -0.15) is 0 Å². The van der Waals surface area contributed by atoms with Crippen molar-refractivity contribution in [2.75, 3.05) is 17.6 Å². The second-order valence-corrected chi connectivity index (χ2v) is 13.8. The number of sulfonamides is 1. The van der Waals surface area contributed by atoms with E-state index in [1.54, 1.807) is 26.0 Å². The summed E-state index contributed by atoms with van der Waals surface area (Å²) >= 11 is 0. The Kier molecular flexibility index (Phi) is 9.43. The molecule has 1 aliphatic rings. The predicted molar refractivity (Wildman–Crippen MR) is 153 cm³/mol. The van der Waals surface area contributed by atoms with Gasteiger partial charge < -0.3 is 14.2 Å². The number of rotatable bonds is 8. The highest BCUT2D eigenvalue weighted by Gasteiger charge is 2.36. The van der Waals surface area contributed by atoms with E-state index in [1.807, 2.05) is 46.8 Å². The van der Waals surface area contributed by atoms with E-state index in [9.17, 15) is 17.6 Å². The van der Waals surface area contributed by atoms with Crippen molar-refractivity contribution in [2.24, 2.45) is 0 Å². The monoisotopic (exact) mass is 577 g/mol. The summed E-state index contributed by atoms with van der Waals surface area (Å²) in [7, 11) is -2.24. The van der Waals surface area contributed by atoms with Crippen LogP contribution in [0, 0.1) is 5.82 Å². The molecule has 0 spiro atoms. The summed E-state index contributed by atoms with van der Waals surface area (Å²) in [5.41, 5.74) is 1.73. The van der Waals surface area contributed by atoms with Crippen LogP contribution in [-0.2, 0) is 29.0 Å². The lowest BCUT2D eigenvalue weighted by Crippen LogP contribution is -2.45. The summed E-state index contributed by atoms with van der Waals surface area (Å²) < 4.78 is 57.0. The van der Waals surface area contributed by atoms with Crippen molar-refractivity contribution in [3.63, 3.8) is 0 Å². The van der Waals surface area contributed by atoms with Gasteiger partial charge in [0.15, 0.2) is 5.79 Å². The van der Waals surface area contributed by atoms with E-state index in [0.717, 1.165) is 10.6 Å². The van der Waals surface area contributed by atoms with Gasteiger partial charge in [-0.05, 0) is 64.8 Å². The summed E-state index contributed by atoms with van der Waals surface area (Å²) in [6, 6.07) is 5.83. The maximum atomic E-state index is 13.8. The first kappa shape index (κ1) is 31.6. The molecule has 40 heavy (non-hydrogen) atoms. The number of nitrogens with zero attached hydrogens (tertiary/aromatic N) is 3. The highest BCUT2D eigenvalue weighted by molar-refractivity contribution is 7.92. The van der Waals surface area contributed by atoms with Crippen LogP contribution in [0.3, 0.4) is 0 Å². The highest BCUT2D eigenvalue weighted by atomic mass is 32.2. The third-order valence-corrected chi connectivity index (χ3v) is 7.24. The molecule has 1 aromatic heterocycles. The Morgan fingerprint density at radius 1 is 1.20 bits per heavy atom. The van der Waals surface area contributed by atoms with Gasteiger partial charge in [-0.1, -0.05) is 26.0 Å². The number of carbonyl (C=O) groups is 1. The van der Waals surface area contributed by atoms with Gasteiger partial charge >= 0.3 is 5.97 Å². The molecular weight excluding hydrogens is 537 g/mol. The van der Waals surface area contributed by atoms with E-state index in [4.69, 9.17) is 14.2 Å². The van der Waals surface area contributed by atoms with Crippen LogP contribution in [0.5, 0.6) is 0 Å². The summed E-state index contributed by atoms with van der Waals surface area (Å²) in [6.45, 7) is 12.9. The predicted octanol–water partition coefficient (Wildman–Crippen LogP) is 5.46. The molecule has 2 heterocycles. The van der Waals surface area contributed by atoms with Crippen molar-refractivity contribution >= 4 is 28.0 Å². The molecule has 2 aromatic rings. The fourth-order valence-electron chi connectivity index (χ4n) is 4.36. The summed E-state index contributed by atoms with van der Waals surface area (Å²) in [5.74, 6) is -1.78. The van der Waals surface area contributed by atoms with Crippen LogP contribution >= 0.6 is 0 Å². The molecule has 1 fully saturated rings. The molecule has 0 unspecified atom stereocenters. The normalized spacial score (nSPS) is 19.7. The van der Waals surface area contributed by atoms with Gasteiger partial charge in [0, 0.05) is 24.6 Å².